The minimum absolute atomic E-state index is 0.753. The first kappa shape index (κ1) is 21.4. The fourth-order valence-corrected chi connectivity index (χ4v) is 3.81. The third-order valence-corrected chi connectivity index (χ3v) is 5.73. The summed E-state index contributed by atoms with van der Waals surface area (Å²) in [7, 11) is 3.31. The van der Waals surface area contributed by atoms with Crippen LogP contribution >= 0.6 is 12.2 Å². The standard InChI is InChI=1S/C23H31N3O2S/c1-18-4-6-20(7-5-18)17-25-12-14-26(15-13-25)23(29)24-11-10-19-8-9-21(27-2)22(16-19)28-3/h4-9,16H,10-15,17H2,1-3H3,(H,24,29). The van der Waals surface area contributed by atoms with E-state index in [4.69, 9.17) is 21.7 Å². The van der Waals surface area contributed by atoms with Crippen LogP contribution in [0.5, 0.6) is 11.5 Å². The number of thiocarbonyl (C=S) groups is 1. The summed E-state index contributed by atoms with van der Waals surface area (Å²) in [6.07, 6.45) is 0.883. The zero-order valence-electron chi connectivity index (χ0n) is 17.6. The van der Waals surface area contributed by atoms with Crippen LogP contribution < -0.4 is 14.8 Å². The second-order valence-electron chi connectivity index (χ2n) is 7.42. The Kier molecular flexibility index (Phi) is 7.72. The second-order valence-corrected chi connectivity index (χ2v) is 7.81. The van der Waals surface area contributed by atoms with Gasteiger partial charge in [-0.25, -0.2) is 0 Å². The van der Waals surface area contributed by atoms with E-state index in [0.717, 1.165) is 62.3 Å². The SMILES string of the molecule is COc1ccc(CCNC(=S)N2CCN(Cc3ccc(C)cc3)CC2)cc1OC. The molecule has 0 saturated carbocycles. The summed E-state index contributed by atoms with van der Waals surface area (Å²) in [6.45, 7) is 7.94. The first-order valence-electron chi connectivity index (χ1n) is 10.1. The molecule has 1 N–H and O–H groups in total. The van der Waals surface area contributed by atoms with Crippen molar-refractivity contribution in [2.24, 2.45) is 0 Å². The molecule has 0 unspecified atom stereocenters. The van der Waals surface area contributed by atoms with Crippen LogP contribution in [-0.4, -0.2) is 61.9 Å². The normalized spacial score (nSPS) is 14.5. The Morgan fingerprint density at radius 2 is 1.59 bits per heavy atom. The molecule has 0 spiro atoms. The molecule has 1 aliphatic heterocycles. The van der Waals surface area contributed by atoms with Crippen LogP contribution in [0.4, 0.5) is 0 Å². The van der Waals surface area contributed by atoms with Gasteiger partial charge >= 0.3 is 0 Å². The lowest BCUT2D eigenvalue weighted by Gasteiger charge is -2.36. The number of rotatable bonds is 7. The van der Waals surface area contributed by atoms with Crippen molar-refractivity contribution in [1.82, 2.24) is 15.1 Å². The van der Waals surface area contributed by atoms with Crippen LogP contribution in [0.3, 0.4) is 0 Å². The number of nitrogens with zero attached hydrogens (tertiary/aromatic N) is 2. The zero-order valence-corrected chi connectivity index (χ0v) is 18.4. The molecule has 0 bridgehead atoms. The molecule has 1 fully saturated rings. The summed E-state index contributed by atoms with van der Waals surface area (Å²) in [6, 6.07) is 14.8. The third kappa shape index (κ3) is 6.08. The van der Waals surface area contributed by atoms with Gasteiger partial charge in [0.1, 0.15) is 0 Å². The molecule has 5 nitrogen and oxygen atoms in total. The molecule has 0 amide bonds. The molecule has 0 radical (unpaired) electrons. The fourth-order valence-electron chi connectivity index (χ4n) is 3.52. The van der Waals surface area contributed by atoms with E-state index in [0.29, 0.717) is 0 Å². The summed E-state index contributed by atoms with van der Waals surface area (Å²) in [5, 5.41) is 4.25. The van der Waals surface area contributed by atoms with E-state index in [1.54, 1.807) is 14.2 Å². The maximum atomic E-state index is 5.61. The Bertz CT molecular complexity index is 802. The number of hydrogen-bond acceptors (Lipinski definition) is 4. The Balaban J connectivity index is 1.40. The minimum Gasteiger partial charge on any atom is -0.493 e. The van der Waals surface area contributed by atoms with Gasteiger partial charge in [0, 0.05) is 39.3 Å². The van der Waals surface area contributed by atoms with E-state index in [1.165, 1.54) is 16.7 Å². The van der Waals surface area contributed by atoms with Gasteiger partial charge in [0.2, 0.25) is 0 Å². The Morgan fingerprint density at radius 1 is 0.931 bits per heavy atom. The molecule has 1 aliphatic rings. The van der Waals surface area contributed by atoms with Crippen molar-refractivity contribution in [3.8, 4) is 11.5 Å². The second kappa shape index (κ2) is 10.5. The van der Waals surface area contributed by atoms with E-state index in [-0.39, 0.29) is 0 Å². The van der Waals surface area contributed by atoms with Gasteiger partial charge in [-0.05, 0) is 48.8 Å². The van der Waals surface area contributed by atoms with Gasteiger partial charge in [0.25, 0.3) is 0 Å². The predicted octanol–water partition coefficient (Wildman–Crippen LogP) is 3.25. The van der Waals surface area contributed by atoms with E-state index in [2.05, 4.69) is 52.4 Å². The molecule has 2 aromatic carbocycles. The van der Waals surface area contributed by atoms with Crippen molar-refractivity contribution >= 4 is 17.3 Å². The quantitative estimate of drug-likeness (QED) is 0.703. The first-order valence-corrected chi connectivity index (χ1v) is 10.5. The highest BCUT2D eigenvalue weighted by Gasteiger charge is 2.18. The number of nitrogens with one attached hydrogen (secondary N) is 1. The first-order chi connectivity index (χ1) is 14.1. The number of ether oxygens (including phenoxy) is 2. The smallest absolute Gasteiger partial charge is 0.169 e. The van der Waals surface area contributed by atoms with E-state index >= 15 is 0 Å². The summed E-state index contributed by atoms with van der Waals surface area (Å²) in [5.74, 6) is 1.51. The molecule has 1 heterocycles. The zero-order chi connectivity index (χ0) is 20.6. The molecule has 1 saturated heterocycles. The molecule has 3 rings (SSSR count). The number of methoxy groups -OCH3 is 2. The summed E-state index contributed by atoms with van der Waals surface area (Å²) in [4.78, 5) is 4.77. The van der Waals surface area contributed by atoms with Crippen LogP contribution in [-0.2, 0) is 13.0 Å². The maximum Gasteiger partial charge on any atom is 0.169 e. The van der Waals surface area contributed by atoms with Gasteiger partial charge in [0.15, 0.2) is 16.6 Å². The lowest BCUT2D eigenvalue weighted by atomic mass is 10.1. The number of hydrogen-bond donors (Lipinski definition) is 1. The molecule has 29 heavy (non-hydrogen) atoms. The van der Waals surface area contributed by atoms with Crippen molar-refractivity contribution in [2.75, 3.05) is 46.9 Å². The number of piperazine rings is 1. The van der Waals surface area contributed by atoms with Crippen molar-refractivity contribution in [2.45, 2.75) is 19.9 Å². The van der Waals surface area contributed by atoms with Gasteiger partial charge in [-0.2, -0.15) is 0 Å². The highest BCUT2D eigenvalue weighted by molar-refractivity contribution is 7.80. The third-order valence-electron chi connectivity index (χ3n) is 5.32. The molecule has 156 valence electrons. The van der Waals surface area contributed by atoms with Crippen molar-refractivity contribution in [3.63, 3.8) is 0 Å². The molecular weight excluding hydrogens is 382 g/mol. The number of aryl methyl sites for hydroxylation is 1. The van der Waals surface area contributed by atoms with Gasteiger partial charge in [0.05, 0.1) is 14.2 Å². The van der Waals surface area contributed by atoms with Crippen molar-refractivity contribution < 1.29 is 9.47 Å². The van der Waals surface area contributed by atoms with Gasteiger partial charge in [-0.1, -0.05) is 35.9 Å². The average molecular weight is 414 g/mol. The highest BCUT2D eigenvalue weighted by Crippen LogP contribution is 2.27. The van der Waals surface area contributed by atoms with E-state index < -0.39 is 0 Å². The van der Waals surface area contributed by atoms with Gasteiger partial charge in [-0.15, -0.1) is 0 Å². The summed E-state index contributed by atoms with van der Waals surface area (Å²) < 4.78 is 10.7. The monoisotopic (exact) mass is 413 g/mol. The molecule has 0 aromatic heterocycles. The topological polar surface area (TPSA) is 37.0 Å². The van der Waals surface area contributed by atoms with Crippen LogP contribution in [0.1, 0.15) is 16.7 Å². The van der Waals surface area contributed by atoms with Crippen LogP contribution in [0.15, 0.2) is 42.5 Å². The van der Waals surface area contributed by atoms with Crippen LogP contribution in [0.25, 0.3) is 0 Å². The number of benzene rings is 2. The Labute approximate surface area is 179 Å². The van der Waals surface area contributed by atoms with E-state index in [1.807, 2.05) is 12.1 Å². The Morgan fingerprint density at radius 3 is 2.24 bits per heavy atom. The van der Waals surface area contributed by atoms with Crippen LogP contribution in [0.2, 0.25) is 0 Å². The predicted molar refractivity (Wildman–Crippen MR) is 122 cm³/mol. The minimum atomic E-state index is 0.753. The van der Waals surface area contributed by atoms with Crippen molar-refractivity contribution in [1.29, 1.82) is 0 Å². The lowest BCUT2D eigenvalue weighted by molar-refractivity contribution is 0.174. The maximum absolute atomic E-state index is 5.61. The fraction of sp³-hybridized carbons (Fsp3) is 0.435. The average Bonchev–Trinajstić information content (AvgIpc) is 2.75. The van der Waals surface area contributed by atoms with Crippen LogP contribution in [0, 0.1) is 6.92 Å². The lowest BCUT2D eigenvalue weighted by Crippen LogP contribution is -2.51. The van der Waals surface area contributed by atoms with E-state index in [9.17, 15) is 0 Å². The molecule has 6 heteroatoms. The largest absolute Gasteiger partial charge is 0.493 e. The summed E-state index contributed by atoms with van der Waals surface area (Å²) >= 11 is 5.61. The molecule has 0 atom stereocenters. The molecule has 0 aliphatic carbocycles. The molecule has 2 aromatic rings. The molecular formula is C23H31N3O2S. The van der Waals surface area contributed by atoms with Crippen molar-refractivity contribution in [3.05, 3.63) is 59.2 Å². The Hall–Kier alpha value is -2.31. The summed E-state index contributed by atoms with van der Waals surface area (Å²) in [5.41, 5.74) is 3.88. The van der Waals surface area contributed by atoms with Gasteiger partial charge in [-0.3, -0.25) is 4.90 Å². The highest BCUT2D eigenvalue weighted by atomic mass is 32.1. The van der Waals surface area contributed by atoms with Gasteiger partial charge < -0.3 is 19.7 Å².